The van der Waals surface area contributed by atoms with Gasteiger partial charge in [0.05, 0.1) is 11.5 Å². The molecule has 1 aliphatic rings. The Morgan fingerprint density at radius 2 is 1.88 bits per heavy atom. The number of rotatable bonds is 8. The van der Waals surface area contributed by atoms with Gasteiger partial charge in [0.1, 0.15) is 0 Å². The molecule has 2 N–H and O–H groups in total. The molecule has 144 valence electrons. The highest BCUT2D eigenvalue weighted by Crippen LogP contribution is 2.20. The summed E-state index contributed by atoms with van der Waals surface area (Å²) in [5, 5.41) is 5.77. The van der Waals surface area contributed by atoms with Gasteiger partial charge >= 0.3 is 0 Å². The van der Waals surface area contributed by atoms with Gasteiger partial charge in [0.2, 0.25) is 11.8 Å². The number of likely N-dealkylation sites (tertiary alicyclic amines) is 1. The monoisotopic (exact) mass is 441 g/mol. The van der Waals surface area contributed by atoms with Gasteiger partial charge in [-0.2, -0.15) is 0 Å². The van der Waals surface area contributed by atoms with Crippen LogP contribution in [0, 0.1) is 11.8 Å². The van der Waals surface area contributed by atoms with E-state index < -0.39 is 0 Å². The molecule has 1 aromatic rings. The van der Waals surface area contributed by atoms with Crippen molar-refractivity contribution in [3.05, 3.63) is 28.7 Å². The van der Waals surface area contributed by atoms with E-state index in [1.165, 1.54) is 18.2 Å². The van der Waals surface area contributed by atoms with Crippen LogP contribution in [0.2, 0.25) is 0 Å². The van der Waals surface area contributed by atoms with Gasteiger partial charge in [-0.25, -0.2) is 0 Å². The van der Waals surface area contributed by atoms with Crippen LogP contribution >= 0.6 is 27.7 Å². The maximum absolute atomic E-state index is 11.9. The lowest BCUT2D eigenvalue weighted by molar-refractivity contribution is -0.118. The lowest BCUT2D eigenvalue weighted by atomic mass is 9.92. The molecule has 7 heteroatoms. The van der Waals surface area contributed by atoms with Crippen LogP contribution in [0.3, 0.4) is 0 Å². The van der Waals surface area contributed by atoms with Crippen molar-refractivity contribution in [2.45, 2.75) is 20.3 Å². The summed E-state index contributed by atoms with van der Waals surface area (Å²) in [5.74, 6) is 1.92. The second-order valence-corrected chi connectivity index (χ2v) is 9.01. The van der Waals surface area contributed by atoms with Crippen LogP contribution in [0.25, 0.3) is 0 Å². The number of piperidine rings is 1. The molecular weight excluding hydrogens is 414 g/mol. The van der Waals surface area contributed by atoms with Crippen LogP contribution in [-0.4, -0.2) is 54.4 Å². The fourth-order valence-corrected chi connectivity index (χ4v) is 4.43. The zero-order valence-electron chi connectivity index (χ0n) is 15.5. The highest BCUT2D eigenvalue weighted by Gasteiger charge is 2.21. The molecule has 0 saturated carbocycles. The van der Waals surface area contributed by atoms with E-state index in [4.69, 9.17) is 0 Å². The standard InChI is InChI=1S/C19H28BrN3O2S/c1-14-8-15(2)11-23(10-14)7-6-21-18(24)12-26-13-19(25)22-17-5-3-4-16(20)9-17/h3-5,9,14-15H,6-8,10-13H2,1-2H3,(H,21,24)(H,22,25). The first-order chi connectivity index (χ1) is 12.4. The van der Waals surface area contributed by atoms with E-state index in [0.29, 0.717) is 12.3 Å². The highest BCUT2D eigenvalue weighted by molar-refractivity contribution is 9.10. The van der Waals surface area contributed by atoms with Crippen LogP contribution in [0.4, 0.5) is 5.69 Å². The number of nitrogens with zero attached hydrogens (tertiary/aromatic N) is 1. The molecule has 1 saturated heterocycles. The molecule has 0 aliphatic carbocycles. The maximum atomic E-state index is 11.9. The lowest BCUT2D eigenvalue weighted by Gasteiger charge is -2.34. The summed E-state index contributed by atoms with van der Waals surface area (Å²) in [6.45, 7) is 8.38. The third-order valence-electron chi connectivity index (χ3n) is 4.27. The molecule has 1 aromatic carbocycles. The van der Waals surface area contributed by atoms with Crippen molar-refractivity contribution >= 4 is 45.2 Å². The Morgan fingerprint density at radius 1 is 1.19 bits per heavy atom. The highest BCUT2D eigenvalue weighted by atomic mass is 79.9. The van der Waals surface area contributed by atoms with Crippen molar-refractivity contribution in [2.24, 2.45) is 11.8 Å². The van der Waals surface area contributed by atoms with Crippen LogP contribution in [0.5, 0.6) is 0 Å². The minimum Gasteiger partial charge on any atom is -0.354 e. The Morgan fingerprint density at radius 3 is 2.58 bits per heavy atom. The number of anilines is 1. The fourth-order valence-electron chi connectivity index (χ4n) is 3.38. The van der Waals surface area contributed by atoms with Crippen LogP contribution in [0.1, 0.15) is 20.3 Å². The van der Waals surface area contributed by atoms with Crippen molar-refractivity contribution in [1.29, 1.82) is 0 Å². The quantitative estimate of drug-likeness (QED) is 0.649. The first kappa shape index (κ1) is 21.3. The van der Waals surface area contributed by atoms with Gasteiger partial charge in [0.25, 0.3) is 0 Å². The van der Waals surface area contributed by atoms with E-state index in [1.807, 2.05) is 24.3 Å². The third kappa shape index (κ3) is 8.10. The topological polar surface area (TPSA) is 61.4 Å². The summed E-state index contributed by atoms with van der Waals surface area (Å²) in [4.78, 5) is 26.2. The summed E-state index contributed by atoms with van der Waals surface area (Å²) in [7, 11) is 0. The van der Waals surface area contributed by atoms with Crippen LogP contribution in [-0.2, 0) is 9.59 Å². The number of hydrogen-bond acceptors (Lipinski definition) is 4. The molecule has 2 unspecified atom stereocenters. The summed E-state index contributed by atoms with van der Waals surface area (Å²) in [6.07, 6.45) is 1.29. The zero-order chi connectivity index (χ0) is 18.9. The second-order valence-electron chi connectivity index (χ2n) is 7.11. The molecule has 1 fully saturated rings. The Kier molecular flexibility index (Phi) is 8.95. The van der Waals surface area contributed by atoms with E-state index >= 15 is 0 Å². The smallest absolute Gasteiger partial charge is 0.234 e. The molecule has 1 aliphatic heterocycles. The number of hydrogen-bond donors (Lipinski definition) is 2. The molecule has 26 heavy (non-hydrogen) atoms. The average Bonchev–Trinajstić information content (AvgIpc) is 2.54. The van der Waals surface area contributed by atoms with E-state index in [2.05, 4.69) is 45.3 Å². The van der Waals surface area contributed by atoms with Crippen molar-refractivity contribution in [3.63, 3.8) is 0 Å². The third-order valence-corrected chi connectivity index (χ3v) is 5.70. The molecule has 2 atom stereocenters. The van der Waals surface area contributed by atoms with Gasteiger partial charge in [-0.05, 0) is 36.5 Å². The number of carbonyl (C=O) groups excluding carboxylic acids is 2. The van der Waals surface area contributed by atoms with Gasteiger partial charge in [0, 0.05) is 36.3 Å². The van der Waals surface area contributed by atoms with Gasteiger partial charge in [0.15, 0.2) is 0 Å². The van der Waals surface area contributed by atoms with E-state index in [0.717, 1.165) is 41.6 Å². The number of amides is 2. The predicted molar refractivity (Wildman–Crippen MR) is 112 cm³/mol. The second kappa shape index (κ2) is 10.9. The molecule has 0 radical (unpaired) electrons. The lowest BCUT2D eigenvalue weighted by Crippen LogP contribution is -2.43. The number of carbonyl (C=O) groups is 2. The van der Waals surface area contributed by atoms with E-state index in [9.17, 15) is 9.59 Å². The van der Waals surface area contributed by atoms with E-state index in [1.54, 1.807) is 0 Å². The minimum absolute atomic E-state index is 0.0108. The Labute approximate surface area is 168 Å². The van der Waals surface area contributed by atoms with Crippen molar-refractivity contribution in [2.75, 3.05) is 43.0 Å². The van der Waals surface area contributed by atoms with Crippen molar-refractivity contribution in [1.82, 2.24) is 10.2 Å². The van der Waals surface area contributed by atoms with Gasteiger partial charge in [-0.15, -0.1) is 11.8 Å². The molecule has 0 bridgehead atoms. The first-order valence-electron chi connectivity index (χ1n) is 9.04. The first-order valence-corrected chi connectivity index (χ1v) is 11.0. The normalized spacial score (nSPS) is 20.6. The number of thioether (sulfide) groups is 1. The minimum atomic E-state index is -0.0998. The molecule has 5 nitrogen and oxygen atoms in total. The molecule has 2 amide bonds. The SMILES string of the molecule is CC1CC(C)CN(CCNC(=O)CSCC(=O)Nc2cccc(Br)c2)C1. The number of nitrogens with one attached hydrogen (secondary N) is 2. The van der Waals surface area contributed by atoms with Crippen molar-refractivity contribution < 1.29 is 9.59 Å². The number of halogens is 1. The predicted octanol–water partition coefficient (Wildman–Crippen LogP) is 3.21. The zero-order valence-corrected chi connectivity index (χ0v) is 17.9. The summed E-state index contributed by atoms with van der Waals surface area (Å²) in [5.41, 5.74) is 0.749. The Hall–Kier alpha value is -1.05. The largest absolute Gasteiger partial charge is 0.354 e. The number of benzene rings is 1. The summed E-state index contributed by atoms with van der Waals surface area (Å²) < 4.78 is 0.917. The van der Waals surface area contributed by atoms with Gasteiger partial charge in [-0.3, -0.25) is 9.59 Å². The summed E-state index contributed by atoms with van der Waals surface area (Å²) in [6, 6.07) is 7.45. The molecular formula is C19H28BrN3O2S. The molecule has 1 heterocycles. The van der Waals surface area contributed by atoms with Crippen LogP contribution < -0.4 is 10.6 Å². The Balaban J connectivity index is 1.56. The van der Waals surface area contributed by atoms with Crippen molar-refractivity contribution in [3.8, 4) is 0 Å². The van der Waals surface area contributed by atoms with Gasteiger partial charge < -0.3 is 15.5 Å². The van der Waals surface area contributed by atoms with E-state index in [-0.39, 0.29) is 17.6 Å². The Bertz CT molecular complexity index is 604. The summed E-state index contributed by atoms with van der Waals surface area (Å²) >= 11 is 4.70. The molecule has 2 rings (SSSR count). The fraction of sp³-hybridized carbons (Fsp3) is 0.579. The molecule has 0 aromatic heterocycles. The van der Waals surface area contributed by atoms with Crippen LogP contribution in [0.15, 0.2) is 28.7 Å². The molecule has 0 spiro atoms. The average molecular weight is 442 g/mol. The maximum Gasteiger partial charge on any atom is 0.234 e. The van der Waals surface area contributed by atoms with Gasteiger partial charge in [-0.1, -0.05) is 35.8 Å².